The Kier molecular flexibility index (Phi) is 13.2. The molecule has 0 N–H and O–H groups in total. The van der Waals surface area contributed by atoms with Crippen LogP contribution in [-0.2, 0) is 13.3 Å². The molecule has 0 radical (unpaired) electrons. The van der Waals surface area contributed by atoms with Crippen LogP contribution < -0.4 is 0 Å². The molecule has 3 nitrogen and oxygen atoms in total. The minimum absolute atomic E-state index is 0.559. The first-order valence-electron chi connectivity index (χ1n) is 14.8. The molecule has 0 atom stereocenters. The Morgan fingerprint density at radius 3 is 1.68 bits per heavy atom. The molecule has 194 valence electrons. The van der Waals surface area contributed by atoms with Gasteiger partial charge in [0, 0.05) is 25.7 Å². The molecule has 3 rings (SSSR count). The molecule has 0 amide bonds. The normalized spacial score (nSPS) is 20.7. The maximum absolute atomic E-state index is 6.88. The third-order valence-electron chi connectivity index (χ3n) is 7.67. The lowest BCUT2D eigenvalue weighted by atomic mass is 9.83. The van der Waals surface area contributed by atoms with Crippen LogP contribution in [0.3, 0.4) is 0 Å². The summed E-state index contributed by atoms with van der Waals surface area (Å²) in [5.41, 5.74) is 3.39. The SMILES string of the molecule is CCCO[Si](OCCC)(OCCC(C1=CCCCCC1)C1=CCCCCC1)C1=CCCCCC1. The Bertz CT molecular complexity index is 630. The van der Waals surface area contributed by atoms with E-state index in [0.717, 1.165) is 51.9 Å². The van der Waals surface area contributed by atoms with Gasteiger partial charge in [-0.05, 0) is 102 Å². The zero-order valence-electron chi connectivity index (χ0n) is 22.4. The van der Waals surface area contributed by atoms with Gasteiger partial charge in [0.15, 0.2) is 0 Å². The quantitative estimate of drug-likeness (QED) is 0.191. The number of hydrogen-bond donors (Lipinski definition) is 0. The van der Waals surface area contributed by atoms with Crippen molar-refractivity contribution in [1.82, 2.24) is 0 Å². The van der Waals surface area contributed by atoms with Crippen LogP contribution in [0.25, 0.3) is 0 Å². The minimum Gasteiger partial charge on any atom is -0.370 e. The van der Waals surface area contributed by atoms with Crippen molar-refractivity contribution in [2.75, 3.05) is 19.8 Å². The number of rotatable bonds is 13. The first-order chi connectivity index (χ1) is 16.8. The molecule has 0 spiro atoms. The molecule has 0 aromatic rings. The van der Waals surface area contributed by atoms with Crippen LogP contribution in [0, 0.1) is 5.92 Å². The molecule has 3 aliphatic carbocycles. The zero-order chi connectivity index (χ0) is 23.9. The monoisotopic (exact) mass is 488 g/mol. The fourth-order valence-electron chi connectivity index (χ4n) is 5.80. The summed E-state index contributed by atoms with van der Waals surface area (Å²) in [5, 5.41) is 1.37. The van der Waals surface area contributed by atoms with E-state index in [1.165, 1.54) is 88.7 Å². The summed E-state index contributed by atoms with van der Waals surface area (Å²) in [6.45, 7) is 6.58. The van der Waals surface area contributed by atoms with Crippen molar-refractivity contribution >= 4 is 8.80 Å². The number of allylic oxidation sites excluding steroid dienone is 6. The standard InChI is InChI=1S/C30H52O3Si/c1-3-24-31-34(32-25-4-2,29-21-15-9-10-16-22-29)33-26-23-30(27-17-11-5-6-12-18-27)28-19-13-7-8-14-20-28/h17,19,21,30H,3-16,18,20,22-26H2,1-2H3. The van der Waals surface area contributed by atoms with E-state index < -0.39 is 8.80 Å². The molecule has 34 heavy (non-hydrogen) atoms. The molecule has 0 unspecified atom stereocenters. The highest BCUT2D eigenvalue weighted by molar-refractivity contribution is 6.68. The molecule has 0 aliphatic heterocycles. The summed E-state index contributed by atoms with van der Waals surface area (Å²) in [7, 11) is -2.83. The predicted octanol–water partition coefficient (Wildman–Crippen LogP) is 9.01. The van der Waals surface area contributed by atoms with Crippen LogP contribution in [-0.4, -0.2) is 28.6 Å². The van der Waals surface area contributed by atoms with Crippen molar-refractivity contribution in [3.05, 3.63) is 34.6 Å². The topological polar surface area (TPSA) is 27.7 Å². The Balaban J connectivity index is 1.77. The van der Waals surface area contributed by atoms with E-state index in [4.69, 9.17) is 13.3 Å². The van der Waals surface area contributed by atoms with Crippen molar-refractivity contribution in [1.29, 1.82) is 0 Å². The van der Waals surface area contributed by atoms with Gasteiger partial charge >= 0.3 is 8.80 Å². The largest absolute Gasteiger partial charge is 0.532 e. The van der Waals surface area contributed by atoms with Gasteiger partial charge < -0.3 is 13.3 Å². The summed E-state index contributed by atoms with van der Waals surface area (Å²) >= 11 is 0. The molecule has 0 saturated carbocycles. The summed E-state index contributed by atoms with van der Waals surface area (Å²) in [6, 6.07) is 0. The zero-order valence-corrected chi connectivity index (χ0v) is 23.4. The van der Waals surface area contributed by atoms with Gasteiger partial charge in [0.25, 0.3) is 0 Å². The van der Waals surface area contributed by atoms with Gasteiger partial charge in [-0.2, -0.15) is 0 Å². The van der Waals surface area contributed by atoms with E-state index >= 15 is 0 Å². The van der Waals surface area contributed by atoms with Crippen LogP contribution in [0.15, 0.2) is 34.6 Å². The summed E-state index contributed by atoms with van der Waals surface area (Å²) in [6.07, 6.45) is 29.9. The number of hydrogen-bond acceptors (Lipinski definition) is 3. The summed E-state index contributed by atoms with van der Waals surface area (Å²) in [4.78, 5) is 0. The van der Waals surface area contributed by atoms with Gasteiger partial charge in [0.05, 0.1) is 0 Å². The van der Waals surface area contributed by atoms with Crippen LogP contribution in [0.1, 0.15) is 129 Å². The van der Waals surface area contributed by atoms with E-state index in [1.807, 2.05) is 0 Å². The maximum atomic E-state index is 6.88. The van der Waals surface area contributed by atoms with Crippen LogP contribution in [0.5, 0.6) is 0 Å². The Morgan fingerprint density at radius 1 is 0.618 bits per heavy atom. The second-order valence-electron chi connectivity index (χ2n) is 10.5. The third kappa shape index (κ3) is 8.76. The summed E-state index contributed by atoms with van der Waals surface area (Å²) in [5.74, 6) is 0.559. The van der Waals surface area contributed by atoms with Crippen molar-refractivity contribution in [3.63, 3.8) is 0 Å². The first kappa shape index (κ1) is 27.9. The Hall–Kier alpha value is -0.683. The second-order valence-corrected chi connectivity index (χ2v) is 13.1. The van der Waals surface area contributed by atoms with Crippen LogP contribution >= 0.6 is 0 Å². The molecule has 4 heteroatoms. The van der Waals surface area contributed by atoms with Gasteiger partial charge in [0.2, 0.25) is 0 Å². The van der Waals surface area contributed by atoms with E-state index in [9.17, 15) is 0 Å². The average molecular weight is 489 g/mol. The first-order valence-corrected chi connectivity index (χ1v) is 16.5. The van der Waals surface area contributed by atoms with Gasteiger partial charge in [-0.3, -0.25) is 0 Å². The molecule has 0 heterocycles. The molecule has 0 fully saturated rings. The highest BCUT2D eigenvalue weighted by Crippen LogP contribution is 2.36. The molecule has 0 saturated heterocycles. The van der Waals surface area contributed by atoms with Crippen molar-refractivity contribution in [3.8, 4) is 0 Å². The molecule has 0 aromatic heterocycles. The van der Waals surface area contributed by atoms with Crippen molar-refractivity contribution in [2.24, 2.45) is 5.92 Å². The van der Waals surface area contributed by atoms with Gasteiger partial charge in [-0.25, -0.2) is 0 Å². The van der Waals surface area contributed by atoms with E-state index in [2.05, 4.69) is 32.1 Å². The second kappa shape index (κ2) is 16.1. The third-order valence-corrected chi connectivity index (χ3v) is 10.7. The van der Waals surface area contributed by atoms with Crippen molar-refractivity contribution in [2.45, 2.75) is 129 Å². The van der Waals surface area contributed by atoms with Gasteiger partial charge in [-0.1, -0.05) is 62.5 Å². The lowest BCUT2D eigenvalue weighted by molar-refractivity contribution is 0.0645. The lowest BCUT2D eigenvalue weighted by Gasteiger charge is -2.33. The predicted molar refractivity (Wildman–Crippen MR) is 146 cm³/mol. The highest BCUT2D eigenvalue weighted by atomic mass is 28.4. The molecule has 0 aromatic carbocycles. The van der Waals surface area contributed by atoms with Crippen LogP contribution in [0.4, 0.5) is 0 Å². The lowest BCUT2D eigenvalue weighted by Crippen LogP contribution is -2.49. The van der Waals surface area contributed by atoms with Gasteiger partial charge in [0.1, 0.15) is 0 Å². The van der Waals surface area contributed by atoms with E-state index in [-0.39, 0.29) is 0 Å². The van der Waals surface area contributed by atoms with E-state index in [0.29, 0.717) is 5.92 Å². The van der Waals surface area contributed by atoms with E-state index in [1.54, 1.807) is 11.1 Å². The van der Waals surface area contributed by atoms with Crippen LogP contribution in [0.2, 0.25) is 0 Å². The maximum Gasteiger partial charge on any atom is 0.532 e. The fourth-order valence-corrected chi connectivity index (χ4v) is 8.82. The fraction of sp³-hybridized carbons (Fsp3) is 0.800. The molecular weight excluding hydrogens is 436 g/mol. The minimum atomic E-state index is -2.83. The Labute approximate surface area is 211 Å². The Morgan fingerprint density at radius 2 is 1.12 bits per heavy atom. The smallest absolute Gasteiger partial charge is 0.370 e. The molecule has 0 bridgehead atoms. The van der Waals surface area contributed by atoms with Gasteiger partial charge in [-0.15, -0.1) is 0 Å². The molecular formula is C30H52O3Si. The summed E-state index contributed by atoms with van der Waals surface area (Å²) < 4.78 is 20.0. The highest BCUT2D eigenvalue weighted by Gasteiger charge is 2.45. The average Bonchev–Trinajstić information content (AvgIpc) is 3.40. The molecule has 3 aliphatic rings. The van der Waals surface area contributed by atoms with Crippen molar-refractivity contribution < 1.29 is 13.3 Å².